The first kappa shape index (κ1) is 18.4. The van der Waals surface area contributed by atoms with Crippen molar-refractivity contribution in [2.75, 3.05) is 39.3 Å². The van der Waals surface area contributed by atoms with Crippen LogP contribution in [-0.4, -0.2) is 55.0 Å². The SMILES string of the molecule is CC(C)CCCCN1CCN(C(=O)CCCCCN)CC1. The van der Waals surface area contributed by atoms with E-state index in [1.165, 1.54) is 25.8 Å². The van der Waals surface area contributed by atoms with Crippen LogP contribution in [0.1, 0.15) is 58.8 Å². The molecule has 0 bridgehead atoms. The number of carbonyl (C=O) groups excluding carboxylic acids is 1. The molecule has 1 fully saturated rings. The lowest BCUT2D eigenvalue weighted by Gasteiger charge is -2.34. The highest BCUT2D eigenvalue weighted by atomic mass is 16.2. The van der Waals surface area contributed by atoms with Gasteiger partial charge in [-0.3, -0.25) is 9.69 Å². The first-order valence-electron chi connectivity index (χ1n) is 8.83. The van der Waals surface area contributed by atoms with E-state index in [4.69, 9.17) is 5.73 Å². The van der Waals surface area contributed by atoms with Gasteiger partial charge in [-0.2, -0.15) is 0 Å². The maximum atomic E-state index is 12.1. The molecular formula is C17H35N3O. The minimum absolute atomic E-state index is 0.339. The van der Waals surface area contributed by atoms with Crippen molar-refractivity contribution in [1.82, 2.24) is 9.80 Å². The lowest BCUT2D eigenvalue weighted by Crippen LogP contribution is -2.48. The summed E-state index contributed by atoms with van der Waals surface area (Å²) in [6.45, 7) is 10.5. The zero-order chi connectivity index (χ0) is 15.5. The fourth-order valence-corrected chi connectivity index (χ4v) is 2.86. The smallest absolute Gasteiger partial charge is 0.222 e. The van der Waals surface area contributed by atoms with Crippen LogP contribution in [0.3, 0.4) is 0 Å². The van der Waals surface area contributed by atoms with Gasteiger partial charge in [0.25, 0.3) is 0 Å². The molecular weight excluding hydrogens is 262 g/mol. The molecule has 0 aromatic rings. The molecule has 0 aromatic carbocycles. The minimum atomic E-state index is 0.339. The molecule has 0 spiro atoms. The third kappa shape index (κ3) is 8.42. The van der Waals surface area contributed by atoms with Gasteiger partial charge in [0.2, 0.25) is 5.91 Å². The summed E-state index contributed by atoms with van der Waals surface area (Å²) in [5.74, 6) is 1.16. The highest BCUT2D eigenvalue weighted by molar-refractivity contribution is 5.76. The summed E-state index contributed by atoms with van der Waals surface area (Å²) in [5.41, 5.74) is 5.47. The summed E-state index contributed by atoms with van der Waals surface area (Å²) < 4.78 is 0. The standard InChI is InChI=1S/C17H35N3O/c1-16(2)8-5-7-11-19-12-14-20(15-13-19)17(21)9-4-3-6-10-18/h16H,3-15,18H2,1-2H3. The number of carbonyl (C=O) groups is 1. The molecule has 4 heteroatoms. The van der Waals surface area contributed by atoms with Gasteiger partial charge in [0.1, 0.15) is 0 Å². The van der Waals surface area contributed by atoms with Crippen molar-refractivity contribution in [3.05, 3.63) is 0 Å². The molecule has 21 heavy (non-hydrogen) atoms. The van der Waals surface area contributed by atoms with E-state index in [9.17, 15) is 4.79 Å². The fraction of sp³-hybridized carbons (Fsp3) is 0.941. The Bertz CT molecular complexity index is 273. The maximum absolute atomic E-state index is 12.1. The number of nitrogens with two attached hydrogens (primary N) is 1. The lowest BCUT2D eigenvalue weighted by molar-refractivity contribution is -0.133. The topological polar surface area (TPSA) is 49.6 Å². The second-order valence-electron chi connectivity index (χ2n) is 6.71. The molecule has 1 heterocycles. The summed E-state index contributed by atoms with van der Waals surface area (Å²) in [5, 5.41) is 0. The summed E-state index contributed by atoms with van der Waals surface area (Å²) in [7, 11) is 0. The molecule has 0 aliphatic carbocycles. The predicted octanol–water partition coefficient (Wildman–Crippen LogP) is 2.48. The van der Waals surface area contributed by atoms with Gasteiger partial charge in [-0.15, -0.1) is 0 Å². The van der Waals surface area contributed by atoms with Crippen molar-refractivity contribution in [2.45, 2.75) is 58.8 Å². The second-order valence-corrected chi connectivity index (χ2v) is 6.71. The zero-order valence-electron chi connectivity index (χ0n) is 14.1. The lowest BCUT2D eigenvalue weighted by atomic mass is 10.1. The molecule has 0 aromatic heterocycles. The number of hydrogen-bond donors (Lipinski definition) is 1. The van der Waals surface area contributed by atoms with Crippen molar-refractivity contribution < 1.29 is 4.79 Å². The Morgan fingerprint density at radius 2 is 1.71 bits per heavy atom. The molecule has 1 amide bonds. The molecule has 124 valence electrons. The monoisotopic (exact) mass is 297 g/mol. The summed E-state index contributed by atoms with van der Waals surface area (Å²) in [6, 6.07) is 0. The normalized spacial score (nSPS) is 16.7. The summed E-state index contributed by atoms with van der Waals surface area (Å²) in [6.07, 6.45) is 7.78. The first-order valence-corrected chi connectivity index (χ1v) is 8.83. The summed E-state index contributed by atoms with van der Waals surface area (Å²) in [4.78, 5) is 16.6. The average molecular weight is 297 g/mol. The second kappa shape index (κ2) is 11.0. The van der Waals surface area contributed by atoms with Crippen molar-refractivity contribution in [1.29, 1.82) is 0 Å². The molecule has 1 saturated heterocycles. The van der Waals surface area contributed by atoms with Crippen LogP contribution in [0.25, 0.3) is 0 Å². The Morgan fingerprint density at radius 1 is 1.00 bits per heavy atom. The van der Waals surface area contributed by atoms with E-state index < -0.39 is 0 Å². The van der Waals surface area contributed by atoms with E-state index in [2.05, 4.69) is 18.7 Å². The largest absolute Gasteiger partial charge is 0.340 e. The average Bonchev–Trinajstić information content (AvgIpc) is 2.48. The fourth-order valence-electron chi connectivity index (χ4n) is 2.86. The van der Waals surface area contributed by atoms with Gasteiger partial charge in [-0.25, -0.2) is 0 Å². The molecule has 0 radical (unpaired) electrons. The minimum Gasteiger partial charge on any atom is -0.340 e. The number of nitrogens with zero attached hydrogens (tertiary/aromatic N) is 2. The van der Waals surface area contributed by atoms with Crippen molar-refractivity contribution >= 4 is 5.91 Å². The van der Waals surface area contributed by atoms with Gasteiger partial charge < -0.3 is 10.6 Å². The third-order valence-corrected chi connectivity index (χ3v) is 4.33. The van der Waals surface area contributed by atoms with E-state index in [0.717, 1.165) is 57.9 Å². The van der Waals surface area contributed by atoms with E-state index in [1.54, 1.807) is 0 Å². The Labute approximate surface area is 131 Å². The predicted molar refractivity (Wildman–Crippen MR) is 89.2 cm³/mol. The van der Waals surface area contributed by atoms with Gasteiger partial charge in [0.05, 0.1) is 0 Å². The van der Waals surface area contributed by atoms with Crippen LogP contribution < -0.4 is 5.73 Å². The molecule has 0 saturated carbocycles. The molecule has 4 nitrogen and oxygen atoms in total. The van der Waals surface area contributed by atoms with Gasteiger partial charge in [-0.1, -0.05) is 33.1 Å². The van der Waals surface area contributed by atoms with Crippen molar-refractivity contribution in [2.24, 2.45) is 11.7 Å². The van der Waals surface area contributed by atoms with Crippen LogP contribution in [0.15, 0.2) is 0 Å². The number of rotatable bonds is 10. The van der Waals surface area contributed by atoms with E-state index >= 15 is 0 Å². The molecule has 2 N–H and O–H groups in total. The van der Waals surface area contributed by atoms with Gasteiger partial charge >= 0.3 is 0 Å². The Morgan fingerprint density at radius 3 is 2.33 bits per heavy atom. The van der Waals surface area contributed by atoms with Crippen LogP contribution in [0.5, 0.6) is 0 Å². The molecule has 1 rings (SSSR count). The number of unbranched alkanes of at least 4 members (excludes halogenated alkanes) is 3. The van der Waals surface area contributed by atoms with Crippen LogP contribution in [0.2, 0.25) is 0 Å². The van der Waals surface area contributed by atoms with Crippen LogP contribution in [-0.2, 0) is 4.79 Å². The van der Waals surface area contributed by atoms with Crippen LogP contribution >= 0.6 is 0 Å². The highest BCUT2D eigenvalue weighted by Gasteiger charge is 2.20. The van der Waals surface area contributed by atoms with Crippen LogP contribution in [0, 0.1) is 5.92 Å². The van der Waals surface area contributed by atoms with Crippen LogP contribution in [0.4, 0.5) is 0 Å². The zero-order valence-corrected chi connectivity index (χ0v) is 14.1. The maximum Gasteiger partial charge on any atom is 0.222 e. The molecule has 1 aliphatic heterocycles. The third-order valence-electron chi connectivity index (χ3n) is 4.33. The Hall–Kier alpha value is -0.610. The van der Waals surface area contributed by atoms with Gasteiger partial charge in [0, 0.05) is 32.6 Å². The van der Waals surface area contributed by atoms with E-state index in [1.807, 2.05) is 4.90 Å². The number of hydrogen-bond acceptors (Lipinski definition) is 3. The van der Waals surface area contributed by atoms with Gasteiger partial charge in [0.15, 0.2) is 0 Å². The van der Waals surface area contributed by atoms with Crippen molar-refractivity contribution in [3.63, 3.8) is 0 Å². The highest BCUT2D eigenvalue weighted by Crippen LogP contribution is 2.10. The number of amides is 1. The molecule has 1 aliphatic rings. The quantitative estimate of drug-likeness (QED) is 0.630. The number of piperazine rings is 1. The Kier molecular flexibility index (Phi) is 9.68. The van der Waals surface area contributed by atoms with Gasteiger partial charge in [-0.05, 0) is 38.3 Å². The Balaban J connectivity index is 2.07. The van der Waals surface area contributed by atoms with Crippen molar-refractivity contribution in [3.8, 4) is 0 Å². The molecule has 0 unspecified atom stereocenters. The van der Waals surface area contributed by atoms with E-state index in [0.29, 0.717) is 12.3 Å². The summed E-state index contributed by atoms with van der Waals surface area (Å²) >= 11 is 0. The molecule has 0 atom stereocenters. The first-order chi connectivity index (χ1) is 10.1. The van der Waals surface area contributed by atoms with E-state index in [-0.39, 0.29) is 0 Å².